The fraction of sp³-hybridized carbons (Fsp3) is 1.00. The standard InChI is InChI=1S/C11H26N2O3S/c1-11(10-14,12-2)6-5-7-13(3)8-9-17(4,15)16/h12,14H,5-10H2,1-4H3. The van der Waals surface area contributed by atoms with Gasteiger partial charge in [0.1, 0.15) is 9.84 Å². The second-order valence-electron chi connectivity index (χ2n) is 5.01. The highest BCUT2D eigenvalue weighted by Gasteiger charge is 2.20. The monoisotopic (exact) mass is 266 g/mol. The average Bonchev–Trinajstić information content (AvgIpc) is 2.25. The molecule has 5 nitrogen and oxygen atoms in total. The Morgan fingerprint density at radius 2 is 1.94 bits per heavy atom. The summed E-state index contributed by atoms with van der Waals surface area (Å²) in [4.78, 5) is 2.01. The molecule has 1 atom stereocenters. The molecule has 0 bridgehead atoms. The van der Waals surface area contributed by atoms with E-state index in [2.05, 4.69) is 5.32 Å². The largest absolute Gasteiger partial charge is 0.394 e. The topological polar surface area (TPSA) is 69.6 Å². The van der Waals surface area contributed by atoms with Gasteiger partial charge in [-0.05, 0) is 40.4 Å². The van der Waals surface area contributed by atoms with Gasteiger partial charge in [0.15, 0.2) is 0 Å². The number of rotatable bonds is 9. The number of nitrogens with zero attached hydrogens (tertiary/aromatic N) is 1. The molecule has 2 N–H and O–H groups in total. The first kappa shape index (κ1) is 16.8. The van der Waals surface area contributed by atoms with E-state index >= 15 is 0 Å². The zero-order valence-electron chi connectivity index (χ0n) is 11.4. The van der Waals surface area contributed by atoms with E-state index in [0.29, 0.717) is 6.54 Å². The SMILES string of the molecule is CNC(C)(CO)CCCN(C)CCS(C)(=O)=O. The van der Waals surface area contributed by atoms with Crippen LogP contribution in [0, 0.1) is 0 Å². The van der Waals surface area contributed by atoms with Crippen LogP contribution in [0.5, 0.6) is 0 Å². The van der Waals surface area contributed by atoms with Crippen LogP contribution in [0.15, 0.2) is 0 Å². The first-order chi connectivity index (χ1) is 7.72. The summed E-state index contributed by atoms with van der Waals surface area (Å²) in [5.41, 5.74) is -0.238. The minimum Gasteiger partial charge on any atom is -0.394 e. The van der Waals surface area contributed by atoms with Crippen molar-refractivity contribution >= 4 is 9.84 Å². The Morgan fingerprint density at radius 1 is 1.35 bits per heavy atom. The van der Waals surface area contributed by atoms with Gasteiger partial charge in [-0.15, -0.1) is 0 Å². The number of aliphatic hydroxyl groups is 1. The third-order valence-electron chi connectivity index (χ3n) is 3.06. The summed E-state index contributed by atoms with van der Waals surface area (Å²) in [6, 6.07) is 0. The quantitative estimate of drug-likeness (QED) is 0.600. The van der Waals surface area contributed by atoms with Crippen LogP contribution in [0.4, 0.5) is 0 Å². The van der Waals surface area contributed by atoms with Gasteiger partial charge in [-0.2, -0.15) is 0 Å². The Labute approximate surface area is 105 Å². The Bertz CT molecular complexity index is 300. The number of sulfone groups is 1. The van der Waals surface area contributed by atoms with Gasteiger partial charge >= 0.3 is 0 Å². The molecular weight excluding hydrogens is 240 g/mol. The van der Waals surface area contributed by atoms with E-state index in [4.69, 9.17) is 0 Å². The van der Waals surface area contributed by atoms with Gasteiger partial charge in [-0.25, -0.2) is 8.42 Å². The van der Waals surface area contributed by atoms with Gasteiger partial charge in [0.2, 0.25) is 0 Å². The normalized spacial score (nSPS) is 16.1. The number of aliphatic hydroxyl groups excluding tert-OH is 1. The Morgan fingerprint density at radius 3 is 2.35 bits per heavy atom. The predicted molar refractivity (Wildman–Crippen MR) is 71.0 cm³/mol. The van der Waals surface area contributed by atoms with Crippen molar-refractivity contribution in [1.29, 1.82) is 0 Å². The number of likely N-dealkylation sites (N-methyl/N-ethyl adjacent to an activating group) is 1. The minimum atomic E-state index is -2.88. The van der Waals surface area contributed by atoms with Crippen molar-refractivity contribution in [3.05, 3.63) is 0 Å². The zero-order valence-corrected chi connectivity index (χ0v) is 12.2. The van der Waals surface area contributed by atoms with Crippen LogP contribution in [0.1, 0.15) is 19.8 Å². The molecule has 0 fully saturated rings. The molecule has 104 valence electrons. The van der Waals surface area contributed by atoms with Crippen LogP contribution in [0.2, 0.25) is 0 Å². The van der Waals surface area contributed by atoms with Gasteiger partial charge in [0.05, 0.1) is 12.4 Å². The van der Waals surface area contributed by atoms with E-state index in [0.717, 1.165) is 19.4 Å². The molecule has 0 radical (unpaired) electrons. The zero-order chi connectivity index (χ0) is 13.5. The summed E-state index contributed by atoms with van der Waals surface area (Å²) in [6.45, 7) is 3.49. The Hall–Kier alpha value is -0.170. The average molecular weight is 266 g/mol. The first-order valence-electron chi connectivity index (χ1n) is 5.88. The molecule has 1 unspecified atom stereocenters. The van der Waals surface area contributed by atoms with Crippen molar-refractivity contribution in [2.45, 2.75) is 25.3 Å². The van der Waals surface area contributed by atoms with Gasteiger partial charge in [0, 0.05) is 18.3 Å². The summed E-state index contributed by atoms with van der Waals surface area (Å²) in [6.07, 6.45) is 3.05. The van der Waals surface area contributed by atoms with Crippen molar-refractivity contribution in [3.8, 4) is 0 Å². The smallest absolute Gasteiger partial charge is 0.148 e. The lowest BCUT2D eigenvalue weighted by Gasteiger charge is -2.27. The highest BCUT2D eigenvalue weighted by Crippen LogP contribution is 2.10. The number of nitrogens with one attached hydrogen (secondary N) is 1. The first-order valence-corrected chi connectivity index (χ1v) is 7.94. The summed E-state index contributed by atoms with van der Waals surface area (Å²) in [5, 5.41) is 12.3. The van der Waals surface area contributed by atoms with E-state index < -0.39 is 9.84 Å². The maximum Gasteiger partial charge on any atom is 0.148 e. The molecule has 17 heavy (non-hydrogen) atoms. The maximum atomic E-state index is 11.0. The third-order valence-corrected chi connectivity index (χ3v) is 3.99. The van der Waals surface area contributed by atoms with Gasteiger partial charge in [-0.3, -0.25) is 0 Å². The predicted octanol–water partition coefficient (Wildman–Crippen LogP) is -0.287. The van der Waals surface area contributed by atoms with E-state index in [1.807, 2.05) is 25.9 Å². The van der Waals surface area contributed by atoms with Crippen LogP contribution < -0.4 is 5.32 Å². The third kappa shape index (κ3) is 8.54. The fourth-order valence-corrected chi connectivity index (χ4v) is 2.10. The Kier molecular flexibility index (Phi) is 7.23. The fourth-order valence-electron chi connectivity index (χ4n) is 1.46. The maximum absolute atomic E-state index is 11.0. The number of hydrogen-bond donors (Lipinski definition) is 2. The van der Waals surface area contributed by atoms with E-state index in [-0.39, 0.29) is 17.9 Å². The van der Waals surface area contributed by atoms with E-state index in [1.165, 1.54) is 6.26 Å². The molecule has 0 heterocycles. The van der Waals surface area contributed by atoms with Crippen molar-refractivity contribution in [2.24, 2.45) is 0 Å². The molecule has 0 saturated heterocycles. The molecule has 0 aromatic carbocycles. The second-order valence-corrected chi connectivity index (χ2v) is 7.27. The lowest BCUT2D eigenvalue weighted by Crippen LogP contribution is -2.43. The van der Waals surface area contributed by atoms with Gasteiger partial charge in [-0.1, -0.05) is 0 Å². The van der Waals surface area contributed by atoms with Crippen molar-refractivity contribution in [1.82, 2.24) is 10.2 Å². The molecule has 0 aliphatic carbocycles. The van der Waals surface area contributed by atoms with Crippen LogP contribution >= 0.6 is 0 Å². The minimum absolute atomic E-state index is 0.108. The molecular formula is C11H26N2O3S. The summed E-state index contributed by atoms with van der Waals surface area (Å²) in [5.74, 6) is 0.201. The molecule has 6 heteroatoms. The second kappa shape index (κ2) is 7.31. The van der Waals surface area contributed by atoms with Crippen molar-refractivity contribution < 1.29 is 13.5 Å². The highest BCUT2D eigenvalue weighted by atomic mass is 32.2. The molecule has 0 spiro atoms. The van der Waals surface area contributed by atoms with Crippen LogP contribution in [0.25, 0.3) is 0 Å². The van der Waals surface area contributed by atoms with Crippen LogP contribution in [-0.4, -0.2) is 69.8 Å². The number of hydrogen-bond acceptors (Lipinski definition) is 5. The molecule has 0 aliphatic rings. The van der Waals surface area contributed by atoms with Crippen LogP contribution in [0.3, 0.4) is 0 Å². The van der Waals surface area contributed by atoms with Crippen molar-refractivity contribution in [3.63, 3.8) is 0 Å². The Balaban J connectivity index is 3.82. The van der Waals surface area contributed by atoms with E-state index in [1.54, 1.807) is 0 Å². The summed E-state index contributed by atoms with van der Waals surface area (Å²) >= 11 is 0. The highest BCUT2D eigenvalue weighted by molar-refractivity contribution is 7.90. The van der Waals surface area contributed by atoms with Crippen LogP contribution in [-0.2, 0) is 9.84 Å². The van der Waals surface area contributed by atoms with Crippen molar-refractivity contribution in [2.75, 3.05) is 45.8 Å². The molecule has 0 rings (SSSR count). The van der Waals surface area contributed by atoms with Gasteiger partial charge in [0.25, 0.3) is 0 Å². The summed E-state index contributed by atoms with van der Waals surface area (Å²) in [7, 11) is 0.878. The molecule has 0 aromatic heterocycles. The molecule has 0 saturated carbocycles. The lowest BCUT2D eigenvalue weighted by atomic mass is 9.97. The van der Waals surface area contributed by atoms with Gasteiger partial charge < -0.3 is 15.3 Å². The molecule has 0 amide bonds. The molecule has 0 aromatic rings. The lowest BCUT2D eigenvalue weighted by molar-refractivity contribution is 0.167. The van der Waals surface area contributed by atoms with E-state index in [9.17, 15) is 13.5 Å². The molecule has 0 aliphatic heterocycles. The summed E-state index contributed by atoms with van der Waals surface area (Å²) < 4.78 is 22.0.